The van der Waals surface area contributed by atoms with Crippen molar-refractivity contribution in [2.24, 2.45) is 0 Å². The Balaban J connectivity index is 2.48. The number of rotatable bonds is 6. The molecule has 0 aliphatic carbocycles. The number of carbonyl (C=O) groups excluding carboxylic acids is 1. The molecule has 0 saturated heterocycles. The molecule has 1 atom stereocenters. The Morgan fingerprint density at radius 3 is 3.11 bits per heavy atom. The van der Waals surface area contributed by atoms with Crippen LogP contribution in [-0.4, -0.2) is 42.4 Å². The van der Waals surface area contributed by atoms with Crippen molar-refractivity contribution in [2.75, 3.05) is 26.0 Å². The van der Waals surface area contributed by atoms with Gasteiger partial charge in [0.25, 0.3) is 5.91 Å². The van der Waals surface area contributed by atoms with Crippen LogP contribution >= 0.6 is 11.6 Å². The number of hydrogen-bond acceptors (Lipinski definition) is 5. The van der Waals surface area contributed by atoms with E-state index in [-0.39, 0.29) is 23.2 Å². The van der Waals surface area contributed by atoms with Crippen LogP contribution in [0.1, 0.15) is 16.8 Å². The summed E-state index contributed by atoms with van der Waals surface area (Å²) in [6, 6.07) is 1.45. The van der Waals surface area contributed by atoms with Crippen molar-refractivity contribution in [1.82, 2.24) is 10.3 Å². The molecule has 7 heteroatoms. The SMILES string of the molecule is COCC(O)CCNC(=O)c1cc(N)cnc1Cl. The molecule has 1 aromatic rings. The molecular weight excluding hydrogens is 258 g/mol. The number of ether oxygens (including phenoxy) is 1. The van der Waals surface area contributed by atoms with Crippen LogP contribution in [0.15, 0.2) is 12.3 Å². The van der Waals surface area contributed by atoms with Gasteiger partial charge in [-0.15, -0.1) is 0 Å². The highest BCUT2D eigenvalue weighted by molar-refractivity contribution is 6.32. The van der Waals surface area contributed by atoms with Gasteiger partial charge in [-0.3, -0.25) is 4.79 Å². The number of nitrogens with zero attached hydrogens (tertiary/aromatic N) is 1. The first-order valence-corrected chi connectivity index (χ1v) is 5.78. The lowest BCUT2D eigenvalue weighted by atomic mass is 10.2. The van der Waals surface area contributed by atoms with E-state index >= 15 is 0 Å². The van der Waals surface area contributed by atoms with Crippen LogP contribution in [0, 0.1) is 0 Å². The molecule has 0 aliphatic rings. The highest BCUT2D eigenvalue weighted by Crippen LogP contribution is 2.15. The molecule has 1 unspecified atom stereocenters. The molecule has 0 aliphatic heterocycles. The first-order chi connectivity index (χ1) is 8.54. The minimum absolute atomic E-state index is 0.0964. The summed E-state index contributed by atoms with van der Waals surface area (Å²) < 4.78 is 4.77. The second-order valence-electron chi connectivity index (χ2n) is 3.76. The first kappa shape index (κ1) is 14.7. The number of pyridine rings is 1. The number of halogens is 1. The topological polar surface area (TPSA) is 97.5 Å². The molecule has 1 aromatic heterocycles. The maximum absolute atomic E-state index is 11.8. The van der Waals surface area contributed by atoms with E-state index in [1.54, 1.807) is 0 Å². The van der Waals surface area contributed by atoms with Crippen LogP contribution in [0.5, 0.6) is 0 Å². The fourth-order valence-corrected chi connectivity index (χ4v) is 1.54. The molecule has 100 valence electrons. The van der Waals surface area contributed by atoms with Crippen molar-refractivity contribution < 1.29 is 14.6 Å². The second-order valence-corrected chi connectivity index (χ2v) is 4.12. The average molecular weight is 274 g/mol. The van der Waals surface area contributed by atoms with E-state index in [1.165, 1.54) is 19.4 Å². The number of aromatic nitrogens is 1. The number of nitrogens with one attached hydrogen (secondary N) is 1. The fraction of sp³-hybridized carbons (Fsp3) is 0.455. The molecule has 0 saturated carbocycles. The van der Waals surface area contributed by atoms with Crippen LogP contribution < -0.4 is 11.1 Å². The molecule has 1 amide bonds. The van der Waals surface area contributed by atoms with Crippen molar-refractivity contribution in [3.63, 3.8) is 0 Å². The number of nitrogen functional groups attached to an aromatic ring is 1. The predicted molar refractivity (Wildman–Crippen MR) is 68.5 cm³/mol. The smallest absolute Gasteiger partial charge is 0.254 e. The molecule has 18 heavy (non-hydrogen) atoms. The summed E-state index contributed by atoms with van der Waals surface area (Å²) in [4.78, 5) is 15.5. The van der Waals surface area contributed by atoms with Gasteiger partial charge in [0, 0.05) is 13.7 Å². The van der Waals surface area contributed by atoms with Crippen molar-refractivity contribution in [3.05, 3.63) is 23.0 Å². The second kappa shape index (κ2) is 7.15. The molecule has 0 aromatic carbocycles. The van der Waals surface area contributed by atoms with E-state index in [9.17, 15) is 9.90 Å². The van der Waals surface area contributed by atoms with E-state index < -0.39 is 6.10 Å². The highest BCUT2D eigenvalue weighted by atomic mass is 35.5. The lowest BCUT2D eigenvalue weighted by Gasteiger charge is -2.10. The Morgan fingerprint density at radius 1 is 1.72 bits per heavy atom. The predicted octanol–water partition coefficient (Wildman–Crippen LogP) is 0.444. The number of nitrogens with two attached hydrogens (primary N) is 1. The van der Waals surface area contributed by atoms with Gasteiger partial charge in [0.15, 0.2) is 0 Å². The maximum Gasteiger partial charge on any atom is 0.254 e. The lowest BCUT2D eigenvalue weighted by molar-refractivity contribution is 0.0587. The van der Waals surface area contributed by atoms with E-state index in [0.29, 0.717) is 18.7 Å². The molecular formula is C11H16ClN3O3. The highest BCUT2D eigenvalue weighted by Gasteiger charge is 2.12. The maximum atomic E-state index is 11.8. The largest absolute Gasteiger partial charge is 0.397 e. The zero-order valence-corrected chi connectivity index (χ0v) is 10.8. The summed E-state index contributed by atoms with van der Waals surface area (Å²) in [6.07, 6.45) is 1.17. The van der Waals surface area contributed by atoms with Gasteiger partial charge in [0.05, 0.1) is 30.2 Å². The lowest BCUT2D eigenvalue weighted by Crippen LogP contribution is -2.28. The Bertz CT molecular complexity index is 415. The Hall–Kier alpha value is -1.37. The molecule has 1 rings (SSSR count). The standard InChI is InChI=1S/C11H16ClN3O3/c1-18-6-8(16)2-3-14-11(17)9-4-7(13)5-15-10(9)12/h4-5,8,16H,2-3,6,13H2,1H3,(H,14,17). The molecule has 1 heterocycles. The zero-order chi connectivity index (χ0) is 13.5. The molecule has 6 nitrogen and oxygen atoms in total. The van der Waals surface area contributed by atoms with E-state index in [1.807, 2.05) is 0 Å². The van der Waals surface area contributed by atoms with Gasteiger partial charge in [-0.1, -0.05) is 11.6 Å². The molecule has 0 fully saturated rings. The number of methoxy groups -OCH3 is 1. The van der Waals surface area contributed by atoms with Crippen LogP contribution in [0.4, 0.5) is 5.69 Å². The summed E-state index contributed by atoms with van der Waals surface area (Å²) in [5, 5.41) is 12.1. The van der Waals surface area contributed by atoms with E-state index in [2.05, 4.69) is 10.3 Å². The Kier molecular flexibility index (Phi) is 5.84. The summed E-state index contributed by atoms with van der Waals surface area (Å²) in [5.74, 6) is -0.371. The summed E-state index contributed by atoms with van der Waals surface area (Å²) in [7, 11) is 1.50. The minimum Gasteiger partial charge on any atom is -0.397 e. The molecule has 0 radical (unpaired) electrons. The van der Waals surface area contributed by atoms with Gasteiger partial charge in [-0.25, -0.2) is 4.98 Å². The van der Waals surface area contributed by atoms with Crippen LogP contribution in [0.25, 0.3) is 0 Å². The monoisotopic (exact) mass is 273 g/mol. The third kappa shape index (κ3) is 4.48. The fourth-order valence-electron chi connectivity index (χ4n) is 1.35. The van der Waals surface area contributed by atoms with Gasteiger partial charge >= 0.3 is 0 Å². The number of carbonyl (C=O) groups is 1. The van der Waals surface area contributed by atoms with Gasteiger partial charge in [0.2, 0.25) is 0 Å². The quantitative estimate of drug-likeness (QED) is 0.654. The Labute approximate surface area is 110 Å². The zero-order valence-electron chi connectivity index (χ0n) is 10.0. The van der Waals surface area contributed by atoms with Gasteiger partial charge < -0.3 is 20.9 Å². The number of aliphatic hydroxyl groups excluding tert-OH is 1. The number of aliphatic hydroxyl groups is 1. The third-order valence-corrected chi connectivity index (χ3v) is 2.53. The van der Waals surface area contributed by atoms with Gasteiger partial charge in [-0.05, 0) is 12.5 Å². The van der Waals surface area contributed by atoms with Gasteiger partial charge in [0.1, 0.15) is 5.15 Å². The van der Waals surface area contributed by atoms with Crippen molar-refractivity contribution >= 4 is 23.2 Å². The number of anilines is 1. The van der Waals surface area contributed by atoms with Crippen LogP contribution in [-0.2, 0) is 4.74 Å². The first-order valence-electron chi connectivity index (χ1n) is 5.40. The third-order valence-electron chi connectivity index (χ3n) is 2.23. The summed E-state index contributed by atoms with van der Waals surface area (Å²) in [6.45, 7) is 0.547. The molecule has 0 bridgehead atoms. The van der Waals surface area contributed by atoms with Crippen molar-refractivity contribution in [2.45, 2.75) is 12.5 Å². The normalized spacial score (nSPS) is 12.2. The van der Waals surface area contributed by atoms with Gasteiger partial charge in [-0.2, -0.15) is 0 Å². The summed E-state index contributed by atoms with van der Waals surface area (Å²) >= 11 is 5.79. The number of hydrogen-bond donors (Lipinski definition) is 3. The van der Waals surface area contributed by atoms with Crippen molar-refractivity contribution in [3.8, 4) is 0 Å². The summed E-state index contributed by atoms with van der Waals surface area (Å²) in [5.41, 5.74) is 6.11. The van der Waals surface area contributed by atoms with Crippen LogP contribution in [0.2, 0.25) is 5.15 Å². The molecule has 4 N–H and O–H groups in total. The molecule has 0 spiro atoms. The average Bonchev–Trinajstić information content (AvgIpc) is 2.32. The number of amides is 1. The Morgan fingerprint density at radius 2 is 2.44 bits per heavy atom. The van der Waals surface area contributed by atoms with E-state index in [4.69, 9.17) is 22.1 Å². The minimum atomic E-state index is -0.607. The van der Waals surface area contributed by atoms with Crippen molar-refractivity contribution in [1.29, 1.82) is 0 Å². The van der Waals surface area contributed by atoms with Crippen LogP contribution in [0.3, 0.4) is 0 Å². The van der Waals surface area contributed by atoms with E-state index in [0.717, 1.165) is 0 Å².